The number of rotatable bonds is 10. The number of nitrogens with zero attached hydrogens (tertiary/aromatic N) is 1. The van der Waals surface area contributed by atoms with E-state index in [0.717, 1.165) is 6.08 Å². The molecular formula is C33H33N2O15+. The Hall–Kier alpha value is -5.75. The number of aliphatic carboxylic acids is 3. The molecule has 1 fully saturated rings. The molecule has 3 aliphatic heterocycles. The van der Waals surface area contributed by atoms with Crippen LogP contribution in [0.4, 0.5) is 5.69 Å². The fraction of sp³-hybridized carbons (Fsp3) is 0.303. The number of carboxylic acid groups (broad SMARTS) is 3. The van der Waals surface area contributed by atoms with Gasteiger partial charge in [0.2, 0.25) is 12.0 Å². The molecule has 5 rings (SSSR count). The summed E-state index contributed by atoms with van der Waals surface area (Å²) in [5.41, 5.74) is 1.09. The van der Waals surface area contributed by atoms with E-state index in [1.165, 1.54) is 53.3 Å². The molecule has 17 nitrogen and oxygen atoms in total. The number of carbonyl (C=O) groups excluding carboxylic acids is 1. The third-order valence-corrected chi connectivity index (χ3v) is 8.16. The largest absolute Gasteiger partial charge is 0.508 e. The molecule has 7 atom stereocenters. The Bertz CT molecular complexity index is 1800. The van der Waals surface area contributed by atoms with E-state index in [9.17, 15) is 60.0 Å². The van der Waals surface area contributed by atoms with Gasteiger partial charge in [0.15, 0.2) is 17.7 Å². The molecule has 0 unspecified atom stereocenters. The molecule has 0 spiro atoms. The van der Waals surface area contributed by atoms with Gasteiger partial charge in [0, 0.05) is 24.1 Å². The van der Waals surface area contributed by atoms with E-state index in [0.29, 0.717) is 11.1 Å². The van der Waals surface area contributed by atoms with E-state index in [1.807, 2.05) is 0 Å². The number of aliphatic hydroxyl groups is 3. The zero-order chi connectivity index (χ0) is 36.3. The first-order valence-electron chi connectivity index (χ1n) is 15.1. The number of allylic oxidation sites excluding steroid dienone is 2. The van der Waals surface area contributed by atoms with Gasteiger partial charge < -0.3 is 60.4 Å². The first-order valence-corrected chi connectivity index (χ1v) is 15.1. The molecule has 0 aliphatic carbocycles. The zero-order valence-corrected chi connectivity index (χ0v) is 25.9. The molecule has 3 aliphatic rings. The van der Waals surface area contributed by atoms with E-state index in [-0.39, 0.29) is 41.3 Å². The highest BCUT2D eigenvalue weighted by atomic mass is 16.7. The van der Waals surface area contributed by atoms with Crippen molar-refractivity contribution in [1.82, 2.24) is 5.32 Å². The van der Waals surface area contributed by atoms with Crippen molar-refractivity contribution in [1.29, 1.82) is 0 Å². The smallest absolute Gasteiger partial charge is 0.373 e. The predicted molar refractivity (Wildman–Crippen MR) is 168 cm³/mol. The van der Waals surface area contributed by atoms with Gasteiger partial charge in [-0.3, -0.25) is 0 Å². The SMILES string of the molecule is O=C(/C=C/c1ccc(O)cc1)OC[C@H]1O[C@@H](Oc2cc3c(cc2O)C[C@@H](C(=O)O)[N+]3=C/C=C2/C=C(C(=O)O)N[C@H](C(=O)O)C2)[C@H](O)[C@@H](O)[C@@H]1O. The predicted octanol–water partition coefficient (Wildman–Crippen LogP) is -0.394. The number of hydrogen-bond donors (Lipinski definition) is 9. The second-order valence-electron chi connectivity index (χ2n) is 11.6. The molecule has 50 heavy (non-hydrogen) atoms. The van der Waals surface area contributed by atoms with Gasteiger partial charge in [-0.1, -0.05) is 12.1 Å². The molecule has 3 heterocycles. The van der Waals surface area contributed by atoms with Crippen molar-refractivity contribution in [3.63, 3.8) is 0 Å². The van der Waals surface area contributed by atoms with E-state index >= 15 is 0 Å². The minimum Gasteiger partial charge on any atom is -0.508 e. The lowest BCUT2D eigenvalue weighted by Crippen LogP contribution is -2.60. The Morgan fingerprint density at radius 3 is 2.32 bits per heavy atom. The van der Waals surface area contributed by atoms with Crippen LogP contribution in [0, 0.1) is 0 Å². The van der Waals surface area contributed by atoms with Crippen LogP contribution in [0.2, 0.25) is 0 Å². The highest BCUT2D eigenvalue weighted by Crippen LogP contribution is 2.40. The second-order valence-corrected chi connectivity index (χ2v) is 11.6. The summed E-state index contributed by atoms with van der Waals surface area (Å²) >= 11 is 0. The Kier molecular flexibility index (Phi) is 10.5. The lowest BCUT2D eigenvalue weighted by atomic mass is 9.99. The Morgan fingerprint density at radius 2 is 1.66 bits per heavy atom. The number of fused-ring (bicyclic) bond motifs is 1. The Balaban J connectivity index is 1.35. The Labute approximate surface area is 282 Å². The maximum absolute atomic E-state index is 12.3. The molecule has 1 saturated heterocycles. The molecule has 0 saturated carbocycles. The fourth-order valence-electron chi connectivity index (χ4n) is 5.53. The third-order valence-electron chi connectivity index (χ3n) is 8.16. The molecule has 2 aromatic carbocycles. The van der Waals surface area contributed by atoms with Crippen molar-refractivity contribution >= 4 is 41.9 Å². The van der Waals surface area contributed by atoms with Gasteiger partial charge in [-0.05, 0) is 41.5 Å². The number of nitrogens with one attached hydrogen (secondary N) is 1. The Morgan fingerprint density at radius 1 is 0.940 bits per heavy atom. The molecule has 9 N–H and O–H groups in total. The normalized spacial score (nSPS) is 27.7. The van der Waals surface area contributed by atoms with Crippen LogP contribution in [0.1, 0.15) is 17.5 Å². The molecular weight excluding hydrogens is 664 g/mol. The van der Waals surface area contributed by atoms with Crippen LogP contribution in [-0.2, 0) is 35.1 Å². The minimum atomic E-state index is -1.85. The van der Waals surface area contributed by atoms with Crippen LogP contribution in [0.5, 0.6) is 17.2 Å². The minimum absolute atomic E-state index is 0.0387. The van der Waals surface area contributed by atoms with E-state index in [2.05, 4.69) is 5.32 Å². The van der Waals surface area contributed by atoms with Crippen LogP contribution in [0.25, 0.3) is 6.08 Å². The van der Waals surface area contributed by atoms with Gasteiger partial charge in [-0.15, -0.1) is 0 Å². The van der Waals surface area contributed by atoms with Crippen LogP contribution >= 0.6 is 0 Å². The highest BCUT2D eigenvalue weighted by Gasteiger charge is 2.46. The topological polar surface area (TPSA) is 273 Å². The van der Waals surface area contributed by atoms with Crippen molar-refractivity contribution in [3.05, 3.63) is 77.0 Å². The summed E-state index contributed by atoms with van der Waals surface area (Å²) in [6.45, 7) is -0.576. The summed E-state index contributed by atoms with van der Waals surface area (Å²) in [4.78, 5) is 47.5. The maximum atomic E-state index is 12.3. The quantitative estimate of drug-likeness (QED) is 0.0868. The second kappa shape index (κ2) is 14.8. The molecule has 0 amide bonds. The van der Waals surface area contributed by atoms with Crippen molar-refractivity contribution in [2.75, 3.05) is 6.61 Å². The molecule has 0 bridgehead atoms. The highest BCUT2D eigenvalue weighted by molar-refractivity contribution is 5.90. The number of benzene rings is 2. The lowest BCUT2D eigenvalue weighted by Gasteiger charge is -2.39. The van der Waals surface area contributed by atoms with Crippen molar-refractivity contribution in [2.24, 2.45) is 0 Å². The van der Waals surface area contributed by atoms with E-state index in [4.69, 9.17) is 14.2 Å². The molecule has 0 radical (unpaired) electrons. The van der Waals surface area contributed by atoms with Gasteiger partial charge in [0.25, 0.3) is 6.04 Å². The average Bonchev–Trinajstić information content (AvgIpc) is 3.43. The summed E-state index contributed by atoms with van der Waals surface area (Å²) in [6, 6.07) is 6.00. The number of aliphatic hydroxyl groups excluding tert-OH is 3. The summed E-state index contributed by atoms with van der Waals surface area (Å²) in [7, 11) is 0. The van der Waals surface area contributed by atoms with E-state index < -0.39 is 79.0 Å². The van der Waals surface area contributed by atoms with Crippen molar-refractivity contribution in [2.45, 2.75) is 55.6 Å². The van der Waals surface area contributed by atoms with Gasteiger partial charge in [-0.2, -0.15) is 4.58 Å². The van der Waals surface area contributed by atoms with Crippen LogP contribution < -0.4 is 10.1 Å². The lowest BCUT2D eigenvalue weighted by molar-refractivity contribution is -0.456. The number of phenolic OH excluding ortho intramolecular Hbond substituents is 2. The van der Waals surface area contributed by atoms with Gasteiger partial charge in [0.1, 0.15) is 48.5 Å². The summed E-state index contributed by atoms with van der Waals surface area (Å²) in [6.07, 6.45) is -2.27. The summed E-state index contributed by atoms with van der Waals surface area (Å²) < 4.78 is 17.7. The number of carboxylic acids is 3. The number of hydrogen-bond acceptors (Lipinski definition) is 13. The number of ether oxygens (including phenoxy) is 3. The number of esters is 1. The number of carbonyl (C=O) groups is 4. The molecule has 2 aromatic rings. The van der Waals surface area contributed by atoms with Crippen LogP contribution in [0.15, 0.2) is 65.9 Å². The summed E-state index contributed by atoms with van der Waals surface area (Å²) in [5, 5.41) is 82.9. The van der Waals surface area contributed by atoms with Crippen molar-refractivity contribution < 1.29 is 78.8 Å². The molecule has 264 valence electrons. The van der Waals surface area contributed by atoms with Crippen LogP contribution in [-0.4, -0.2) is 125 Å². The number of aromatic hydroxyl groups is 2. The molecule has 0 aromatic heterocycles. The number of phenols is 2. The van der Waals surface area contributed by atoms with Gasteiger partial charge in [0.05, 0.1) is 12.5 Å². The fourth-order valence-corrected chi connectivity index (χ4v) is 5.53. The van der Waals surface area contributed by atoms with Crippen molar-refractivity contribution in [3.8, 4) is 17.2 Å². The zero-order valence-electron chi connectivity index (χ0n) is 25.9. The first-order chi connectivity index (χ1) is 23.7. The average molecular weight is 698 g/mol. The van der Waals surface area contributed by atoms with E-state index in [1.54, 1.807) is 12.1 Å². The van der Waals surface area contributed by atoms with Crippen LogP contribution in [0.3, 0.4) is 0 Å². The first kappa shape index (κ1) is 35.6. The molecule has 17 heteroatoms. The van der Waals surface area contributed by atoms with Gasteiger partial charge in [-0.25, -0.2) is 19.2 Å². The third kappa shape index (κ3) is 7.92. The summed E-state index contributed by atoms with van der Waals surface area (Å²) in [5.74, 6) is -5.52. The maximum Gasteiger partial charge on any atom is 0.373 e. The monoisotopic (exact) mass is 697 g/mol. The standard InChI is InChI=1S/C33H32N2O15/c36-18-4-1-15(2-5-18)3-6-26(38)48-14-25-27(39)28(40)29(41)33(50-25)49-24-13-21-17(12-23(24)37)11-22(32(46)47)35(21)8-7-16-9-19(30(42)43)34-20(10-16)31(44)45/h1-9,12-13,20,22,25,27-29,33,39-41H,10-11,14H2,(H5,36,37,38,42,43,44,45,46,47)/p+1/t20-,22-,25+,27+,28-,29+,33+/m0/s1. The van der Waals surface area contributed by atoms with Gasteiger partial charge >= 0.3 is 23.9 Å².